The van der Waals surface area contributed by atoms with Crippen LogP contribution in [-0.4, -0.2) is 44.2 Å². The largest absolute Gasteiger partial charge is 0.354 e. The molecule has 2 aromatic heterocycles. The number of ketones is 1. The van der Waals surface area contributed by atoms with Gasteiger partial charge in [-0.05, 0) is 43.9 Å². The fraction of sp³-hybridized carbons (Fsp3) is 0.600. The van der Waals surface area contributed by atoms with Crippen molar-refractivity contribution in [2.24, 2.45) is 5.92 Å². The van der Waals surface area contributed by atoms with E-state index >= 15 is 0 Å². The van der Waals surface area contributed by atoms with Crippen molar-refractivity contribution >= 4 is 23.5 Å². The lowest BCUT2D eigenvalue weighted by Crippen LogP contribution is -2.26. The first-order chi connectivity index (χ1) is 13.4. The Kier molecular flexibility index (Phi) is 6.59. The van der Waals surface area contributed by atoms with E-state index in [1.54, 1.807) is 11.8 Å². The highest BCUT2D eigenvalue weighted by Gasteiger charge is 2.26. The zero-order valence-corrected chi connectivity index (χ0v) is 17.9. The Bertz CT molecular complexity index is 868. The van der Waals surface area contributed by atoms with Crippen LogP contribution in [-0.2, 0) is 19.4 Å². The molecule has 0 fully saturated rings. The zero-order valence-electron chi connectivity index (χ0n) is 17.1. The molecule has 0 aromatic carbocycles. The SMILES string of the molecule is CSc1nnc(CCCNC(=O)c2[nH]c3c(c2C)C(=O)CCC3)n1CC(C)C. The first-order valence-electron chi connectivity index (χ1n) is 9.91. The van der Waals surface area contributed by atoms with E-state index in [-0.39, 0.29) is 11.7 Å². The van der Waals surface area contributed by atoms with Crippen LogP contribution in [0.4, 0.5) is 0 Å². The second-order valence-electron chi connectivity index (χ2n) is 7.72. The average molecular weight is 404 g/mol. The molecule has 2 N–H and O–H groups in total. The van der Waals surface area contributed by atoms with E-state index in [0.29, 0.717) is 24.6 Å². The molecule has 2 heterocycles. The Labute approximate surface area is 170 Å². The number of thioether (sulfide) groups is 1. The van der Waals surface area contributed by atoms with Gasteiger partial charge in [-0.1, -0.05) is 25.6 Å². The lowest BCUT2D eigenvalue weighted by molar-refractivity contribution is 0.0947. The summed E-state index contributed by atoms with van der Waals surface area (Å²) in [4.78, 5) is 27.9. The quantitative estimate of drug-likeness (QED) is 0.522. The Hall–Kier alpha value is -2.09. The average Bonchev–Trinajstić information content (AvgIpc) is 3.19. The van der Waals surface area contributed by atoms with Gasteiger partial charge in [0.1, 0.15) is 11.5 Å². The van der Waals surface area contributed by atoms with Crippen molar-refractivity contribution in [1.82, 2.24) is 25.1 Å². The van der Waals surface area contributed by atoms with Gasteiger partial charge in [0.2, 0.25) is 0 Å². The molecule has 28 heavy (non-hydrogen) atoms. The van der Waals surface area contributed by atoms with Crippen LogP contribution in [0.15, 0.2) is 5.16 Å². The molecule has 3 rings (SSSR count). The fourth-order valence-corrected chi connectivity index (χ4v) is 4.26. The van der Waals surface area contributed by atoms with Crippen LogP contribution >= 0.6 is 11.8 Å². The van der Waals surface area contributed by atoms with Gasteiger partial charge in [0.25, 0.3) is 5.91 Å². The summed E-state index contributed by atoms with van der Waals surface area (Å²) in [6.07, 6.45) is 5.81. The molecule has 7 nitrogen and oxygen atoms in total. The van der Waals surface area contributed by atoms with Gasteiger partial charge in [-0.15, -0.1) is 10.2 Å². The molecule has 0 saturated heterocycles. The van der Waals surface area contributed by atoms with Crippen LogP contribution in [0.25, 0.3) is 0 Å². The Morgan fingerprint density at radius 2 is 2.11 bits per heavy atom. The van der Waals surface area contributed by atoms with Crippen molar-refractivity contribution in [3.05, 3.63) is 28.3 Å². The fourth-order valence-electron chi connectivity index (χ4n) is 3.74. The molecule has 1 amide bonds. The Morgan fingerprint density at radius 3 is 2.79 bits per heavy atom. The third-order valence-corrected chi connectivity index (χ3v) is 5.72. The first-order valence-corrected chi connectivity index (χ1v) is 11.1. The highest BCUT2D eigenvalue weighted by atomic mass is 32.2. The van der Waals surface area contributed by atoms with E-state index in [4.69, 9.17) is 0 Å². The van der Waals surface area contributed by atoms with Gasteiger partial charge in [-0.2, -0.15) is 0 Å². The maximum Gasteiger partial charge on any atom is 0.268 e. The number of nitrogens with one attached hydrogen (secondary N) is 2. The van der Waals surface area contributed by atoms with Gasteiger partial charge in [0.15, 0.2) is 10.9 Å². The van der Waals surface area contributed by atoms with Gasteiger partial charge in [0.05, 0.1) is 0 Å². The van der Waals surface area contributed by atoms with Crippen molar-refractivity contribution in [1.29, 1.82) is 0 Å². The highest BCUT2D eigenvalue weighted by molar-refractivity contribution is 7.98. The first kappa shape index (κ1) is 20.6. The van der Waals surface area contributed by atoms with Gasteiger partial charge in [-0.25, -0.2) is 0 Å². The van der Waals surface area contributed by atoms with Crippen LogP contribution < -0.4 is 5.32 Å². The summed E-state index contributed by atoms with van der Waals surface area (Å²) in [7, 11) is 0. The third-order valence-electron chi connectivity index (χ3n) is 5.05. The number of aromatic amines is 1. The molecule has 0 bridgehead atoms. The summed E-state index contributed by atoms with van der Waals surface area (Å²) in [6, 6.07) is 0. The van der Waals surface area contributed by atoms with E-state index in [0.717, 1.165) is 60.0 Å². The maximum absolute atomic E-state index is 12.6. The molecule has 0 spiro atoms. The van der Waals surface area contributed by atoms with Crippen molar-refractivity contribution in [2.75, 3.05) is 12.8 Å². The molecule has 0 unspecified atom stereocenters. The molecule has 0 atom stereocenters. The molecule has 0 radical (unpaired) electrons. The smallest absolute Gasteiger partial charge is 0.268 e. The number of carbonyl (C=O) groups excluding carboxylic acids is 2. The van der Waals surface area contributed by atoms with Crippen LogP contribution in [0.1, 0.15) is 71.0 Å². The minimum Gasteiger partial charge on any atom is -0.354 e. The van der Waals surface area contributed by atoms with Crippen molar-refractivity contribution in [3.8, 4) is 0 Å². The van der Waals surface area contributed by atoms with E-state index in [9.17, 15) is 9.59 Å². The summed E-state index contributed by atoms with van der Waals surface area (Å²) < 4.78 is 2.17. The molecular formula is C20H29N5O2S. The van der Waals surface area contributed by atoms with Gasteiger partial charge < -0.3 is 14.9 Å². The van der Waals surface area contributed by atoms with E-state index < -0.39 is 0 Å². The molecule has 8 heteroatoms. The number of rotatable bonds is 8. The number of carbonyl (C=O) groups is 2. The summed E-state index contributed by atoms with van der Waals surface area (Å²) in [5.74, 6) is 1.48. The molecule has 2 aromatic rings. The van der Waals surface area contributed by atoms with Gasteiger partial charge >= 0.3 is 0 Å². The predicted octanol–water partition coefficient (Wildman–Crippen LogP) is 3.17. The number of nitrogens with zero attached hydrogens (tertiary/aromatic N) is 3. The normalized spacial score (nSPS) is 13.8. The molecule has 0 aliphatic heterocycles. The highest BCUT2D eigenvalue weighted by Crippen LogP contribution is 2.26. The number of aryl methyl sites for hydroxylation is 2. The molecule has 0 saturated carbocycles. The van der Waals surface area contributed by atoms with Gasteiger partial charge in [-0.3, -0.25) is 9.59 Å². The van der Waals surface area contributed by atoms with Gasteiger partial charge in [0, 0.05) is 37.2 Å². The van der Waals surface area contributed by atoms with Crippen LogP contribution in [0.5, 0.6) is 0 Å². The summed E-state index contributed by atoms with van der Waals surface area (Å²) >= 11 is 1.60. The minimum atomic E-state index is -0.145. The zero-order chi connectivity index (χ0) is 20.3. The van der Waals surface area contributed by atoms with Crippen LogP contribution in [0.2, 0.25) is 0 Å². The number of H-pyrrole nitrogens is 1. The monoisotopic (exact) mass is 403 g/mol. The van der Waals surface area contributed by atoms with Crippen molar-refractivity contribution in [3.63, 3.8) is 0 Å². The van der Waals surface area contributed by atoms with E-state index in [2.05, 4.69) is 38.9 Å². The number of fused-ring (bicyclic) bond motifs is 1. The number of hydrogen-bond acceptors (Lipinski definition) is 5. The van der Waals surface area contributed by atoms with E-state index in [1.807, 2.05) is 13.2 Å². The number of hydrogen-bond donors (Lipinski definition) is 2. The molecule has 152 valence electrons. The molecular weight excluding hydrogens is 374 g/mol. The third kappa shape index (κ3) is 4.32. The van der Waals surface area contributed by atoms with Crippen LogP contribution in [0.3, 0.4) is 0 Å². The summed E-state index contributed by atoms with van der Waals surface area (Å²) in [5.41, 5.74) is 2.93. The predicted molar refractivity (Wildman–Crippen MR) is 110 cm³/mol. The number of aromatic nitrogens is 4. The molecule has 1 aliphatic rings. The second kappa shape index (κ2) is 8.94. The van der Waals surface area contributed by atoms with E-state index in [1.165, 1.54) is 0 Å². The van der Waals surface area contributed by atoms with Crippen LogP contribution in [0, 0.1) is 12.8 Å². The topological polar surface area (TPSA) is 92.7 Å². The lowest BCUT2D eigenvalue weighted by atomic mass is 9.94. The Morgan fingerprint density at radius 1 is 1.32 bits per heavy atom. The Balaban J connectivity index is 1.57. The standard InChI is InChI=1S/C20H29N5O2S/c1-12(2)11-25-16(23-24-20(25)28-4)9-6-10-21-19(27)18-13(3)17-14(22-18)7-5-8-15(17)26/h12,22H,5-11H2,1-4H3,(H,21,27). The molecule has 1 aliphatic carbocycles. The second-order valence-corrected chi connectivity index (χ2v) is 8.50. The van der Waals surface area contributed by atoms with Crippen molar-refractivity contribution in [2.45, 2.75) is 64.6 Å². The summed E-state index contributed by atoms with van der Waals surface area (Å²) in [6.45, 7) is 7.66. The maximum atomic E-state index is 12.6. The van der Waals surface area contributed by atoms with Crippen molar-refractivity contribution < 1.29 is 9.59 Å². The number of Topliss-reactive ketones (excluding diaryl/α,β-unsaturated/α-hetero) is 1. The number of amides is 1. The summed E-state index contributed by atoms with van der Waals surface area (Å²) in [5, 5.41) is 12.5. The minimum absolute atomic E-state index is 0.142. The lowest BCUT2D eigenvalue weighted by Gasteiger charge is -2.11.